The second kappa shape index (κ2) is 6.75. The lowest BCUT2D eigenvalue weighted by Crippen LogP contribution is -2.14. The molecule has 1 N–H and O–H groups in total. The summed E-state index contributed by atoms with van der Waals surface area (Å²) >= 11 is 3.34. The van der Waals surface area contributed by atoms with Gasteiger partial charge in [-0.1, -0.05) is 22.0 Å². The fourth-order valence-corrected chi connectivity index (χ4v) is 2.46. The summed E-state index contributed by atoms with van der Waals surface area (Å²) in [6.45, 7) is 3.26. The van der Waals surface area contributed by atoms with Crippen molar-refractivity contribution in [2.75, 3.05) is 5.32 Å². The van der Waals surface area contributed by atoms with Gasteiger partial charge in [0, 0.05) is 21.8 Å². The molecule has 0 unspecified atom stereocenters. The smallest absolute Gasteiger partial charge is 0.279 e. The van der Waals surface area contributed by atoms with Crippen molar-refractivity contribution in [3.8, 4) is 0 Å². The van der Waals surface area contributed by atoms with Crippen molar-refractivity contribution >= 4 is 38.9 Å². The van der Waals surface area contributed by atoms with E-state index in [1.807, 2.05) is 6.92 Å². The molecule has 0 aliphatic heterocycles. The number of nitro benzene ring substituents is 2. The SMILES string of the molecule is Cc1ccc(NC(=O)c2cc([N+](=O)[O-])cc([N+](=O)[O-])c2C)cc1Br. The predicted molar refractivity (Wildman–Crippen MR) is 91.3 cm³/mol. The molecule has 0 bridgehead atoms. The van der Waals surface area contributed by atoms with E-state index in [-0.39, 0.29) is 11.1 Å². The van der Waals surface area contributed by atoms with Gasteiger partial charge in [0.25, 0.3) is 17.3 Å². The Morgan fingerprint density at radius 2 is 1.75 bits per heavy atom. The van der Waals surface area contributed by atoms with Gasteiger partial charge in [0.05, 0.1) is 21.5 Å². The van der Waals surface area contributed by atoms with Crippen LogP contribution < -0.4 is 5.32 Å². The molecule has 8 nitrogen and oxygen atoms in total. The van der Waals surface area contributed by atoms with Gasteiger partial charge >= 0.3 is 0 Å². The highest BCUT2D eigenvalue weighted by Crippen LogP contribution is 2.29. The minimum atomic E-state index is -0.772. The number of carbonyl (C=O) groups excluding carboxylic acids is 1. The van der Waals surface area contributed by atoms with Gasteiger partial charge in [-0.25, -0.2) is 0 Å². The zero-order valence-electron chi connectivity index (χ0n) is 12.7. The number of amides is 1. The van der Waals surface area contributed by atoms with Crippen molar-refractivity contribution in [3.05, 3.63) is 71.7 Å². The molecule has 0 heterocycles. The van der Waals surface area contributed by atoms with Crippen molar-refractivity contribution in [1.82, 2.24) is 0 Å². The van der Waals surface area contributed by atoms with E-state index in [9.17, 15) is 25.0 Å². The van der Waals surface area contributed by atoms with Crippen molar-refractivity contribution in [3.63, 3.8) is 0 Å². The Kier molecular flexibility index (Phi) is 4.93. The van der Waals surface area contributed by atoms with Crippen molar-refractivity contribution in [1.29, 1.82) is 0 Å². The summed E-state index contributed by atoms with van der Waals surface area (Å²) in [4.78, 5) is 32.9. The lowest BCUT2D eigenvalue weighted by atomic mass is 10.0. The lowest BCUT2D eigenvalue weighted by molar-refractivity contribution is -0.394. The van der Waals surface area contributed by atoms with E-state index >= 15 is 0 Å². The fourth-order valence-electron chi connectivity index (χ4n) is 2.08. The normalized spacial score (nSPS) is 10.3. The topological polar surface area (TPSA) is 115 Å². The van der Waals surface area contributed by atoms with Gasteiger partial charge in [-0.3, -0.25) is 25.0 Å². The first-order valence-electron chi connectivity index (χ1n) is 6.71. The molecule has 24 heavy (non-hydrogen) atoms. The summed E-state index contributed by atoms with van der Waals surface area (Å²) in [5, 5.41) is 24.6. The molecule has 0 saturated heterocycles. The first kappa shape index (κ1) is 17.5. The van der Waals surface area contributed by atoms with Crippen LogP contribution in [0.25, 0.3) is 0 Å². The number of nitro groups is 2. The van der Waals surface area contributed by atoms with Crippen molar-refractivity contribution < 1.29 is 14.6 Å². The van der Waals surface area contributed by atoms with Gasteiger partial charge < -0.3 is 5.32 Å². The maximum atomic E-state index is 12.4. The molecule has 1 amide bonds. The molecule has 9 heteroatoms. The summed E-state index contributed by atoms with van der Waals surface area (Å²) in [6, 6.07) is 6.99. The average molecular weight is 394 g/mol. The molecule has 0 aromatic heterocycles. The van der Waals surface area contributed by atoms with E-state index < -0.39 is 27.1 Å². The zero-order valence-corrected chi connectivity index (χ0v) is 14.3. The number of halogens is 1. The quantitative estimate of drug-likeness (QED) is 0.618. The first-order chi connectivity index (χ1) is 11.2. The molecule has 0 spiro atoms. The summed E-state index contributed by atoms with van der Waals surface area (Å²) in [6.07, 6.45) is 0. The number of aryl methyl sites for hydroxylation is 1. The van der Waals surface area contributed by atoms with Crippen LogP contribution in [0, 0.1) is 34.1 Å². The Labute approximate surface area is 144 Å². The molecule has 2 aromatic carbocycles. The number of hydrogen-bond acceptors (Lipinski definition) is 5. The number of nitrogens with one attached hydrogen (secondary N) is 1. The fraction of sp³-hybridized carbons (Fsp3) is 0.133. The average Bonchev–Trinajstić information content (AvgIpc) is 2.50. The maximum Gasteiger partial charge on any atom is 0.279 e. The molecular formula is C15H12BrN3O5. The molecule has 124 valence electrons. The van der Waals surface area contributed by atoms with E-state index in [0.717, 1.165) is 22.2 Å². The number of nitrogens with zero attached hydrogens (tertiary/aromatic N) is 2. The molecule has 0 aliphatic rings. The van der Waals surface area contributed by atoms with E-state index in [1.54, 1.807) is 18.2 Å². The van der Waals surface area contributed by atoms with Crippen LogP contribution in [0.5, 0.6) is 0 Å². The largest absolute Gasteiger partial charge is 0.322 e. The standard InChI is InChI=1S/C15H12BrN3O5/c1-8-3-4-10(5-13(8)16)17-15(20)12-6-11(18(21)22)7-14(9(12)2)19(23)24/h3-7H,1-2H3,(H,17,20). The number of non-ortho nitro benzene ring substituents is 1. The Balaban J connectivity index is 2.46. The number of rotatable bonds is 4. The highest BCUT2D eigenvalue weighted by Gasteiger charge is 2.24. The van der Waals surface area contributed by atoms with Gasteiger partial charge in [-0.15, -0.1) is 0 Å². The molecular weight excluding hydrogens is 382 g/mol. The third kappa shape index (κ3) is 3.57. The molecule has 0 fully saturated rings. The number of hydrogen-bond donors (Lipinski definition) is 1. The van der Waals surface area contributed by atoms with Crippen LogP contribution >= 0.6 is 15.9 Å². The van der Waals surface area contributed by atoms with Crippen molar-refractivity contribution in [2.24, 2.45) is 0 Å². The number of anilines is 1. The van der Waals surface area contributed by atoms with Crippen LogP contribution in [0.2, 0.25) is 0 Å². The third-order valence-corrected chi connectivity index (χ3v) is 4.30. The molecule has 0 radical (unpaired) electrons. The minimum Gasteiger partial charge on any atom is -0.322 e. The summed E-state index contributed by atoms with van der Waals surface area (Å²) < 4.78 is 0.780. The molecule has 2 rings (SSSR count). The summed E-state index contributed by atoms with van der Waals surface area (Å²) in [5.74, 6) is -0.657. The van der Waals surface area contributed by atoms with Crippen LogP contribution in [-0.2, 0) is 0 Å². The monoisotopic (exact) mass is 393 g/mol. The Morgan fingerprint density at radius 3 is 2.29 bits per heavy atom. The number of carbonyl (C=O) groups is 1. The van der Waals surface area contributed by atoms with Crippen LogP contribution in [0.4, 0.5) is 17.1 Å². The molecule has 2 aromatic rings. The van der Waals surface area contributed by atoms with Crippen LogP contribution in [0.1, 0.15) is 21.5 Å². The van der Waals surface area contributed by atoms with E-state index in [2.05, 4.69) is 21.2 Å². The minimum absolute atomic E-state index is 0.0641. The first-order valence-corrected chi connectivity index (χ1v) is 7.51. The number of benzene rings is 2. The summed E-state index contributed by atoms with van der Waals surface area (Å²) in [7, 11) is 0. The Bertz CT molecular complexity index is 866. The Morgan fingerprint density at radius 1 is 1.08 bits per heavy atom. The van der Waals surface area contributed by atoms with Gasteiger partial charge in [0.1, 0.15) is 0 Å². The highest BCUT2D eigenvalue weighted by molar-refractivity contribution is 9.10. The van der Waals surface area contributed by atoms with Gasteiger partial charge in [0.2, 0.25) is 0 Å². The van der Waals surface area contributed by atoms with E-state index in [1.165, 1.54) is 6.92 Å². The molecule has 0 saturated carbocycles. The molecule has 0 aliphatic carbocycles. The highest BCUT2D eigenvalue weighted by atomic mass is 79.9. The lowest BCUT2D eigenvalue weighted by Gasteiger charge is -2.09. The summed E-state index contributed by atoms with van der Waals surface area (Å²) in [5.41, 5.74) is 0.394. The Hall–Kier alpha value is -2.81. The van der Waals surface area contributed by atoms with Crippen LogP contribution in [-0.4, -0.2) is 15.8 Å². The second-order valence-corrected chi connectivity index (χ2v) is 5.92. The van der Waals surface area contributed by atoms with Crippen LogP contribution in [0.15, 0.2) is 34.8 Å². The van der Waals surface area contributed by atoms with Gasteiger partial charge in [-0.05, 0) is 31.5 Å². The van der Waals surface area contributed by atoms with Crippen LogP contribution in [0.3, 0.4) is 0 Å². The van der Waals surface area contributed by atoms with Gasteiger partial charge in [-0.2, -0.15) is 0 Å². The predicted octanol–water partition coefficient (Wildman–Crippen LogP) is 4.13. The zero-order chi connectivity index (χ0) is 18.0. The van der Waals surface area contributed by atoms with E-state index in [4.69, 9.17) is 0 Å². The van der Waals surface area contributed by atoms with E-state index in [0.29, 0.717) is 5.69 Å². The van der Waals surface area contributed by atoms with Gasteiger partial charge in [0.15, 0.2) is 0 Å². The maximum absolute atomic E-state index is 12.4. The third-order valence-electron chi connectivity index (χ3n) is 3.45. The van der Waals surface area contributed by atoms with Crippen molar-refractivity contribution in [2.45, 2.75) is 13.8 Å². The second-order valence-electron chi connectivity index (χ2n) is 5.07. The molecule has 0 atom stereocenters.